The Morgan fingerprint density at radius 2 is 1.88 bits per heavy atom. The molecule has 0 aromatic heterocycles. The number of anilines is 1. The van der Waals surface area contributed by atoms with Gasteiger partial charge in [0.1, 0.15) is 11.5 Å². The minimum absolute atomic E-state index is 0.209. The first-order valence-corrected chi connectivity index (χ1v) is 5.22. The SMILES string of the molecule is COc1cc(OC)c(N)c(C(=O)OC(C)C)c1. The average Bonchev–Trinajstić information content (AvgIpc) is 2.28. The summed E-state index contributed by atoms with van der Waals surface area (Å²) < 4.78 is 15.2. The van der Waals surface area contributed by atoms with Crippen LogP contribution in [0.25, 0.3) is 0 Å². The molecule has 0 atom stereocenters. The molecule has 0 aliphatic carbocycles. The zero-order valence-corrected chi connectivity index (χ0v) is 10.4. The van der Waals surface area contributed by atoms with Crippen LogP contribution >= 0.6 is 0 Å². The highest BCUT2D eigenvalue weighted by atomic mass is 16.5. The summed E-state index contributed by atoms with van der Waals surface area (Å²) >= 11 is 0. The van der Waals surface area contributed by atoms with Gasteiger partial charge in [-0.05, 0) is 19.9 Å². The number of methoxy groups -OCH3 is 2. The lowest BCUT2D eigenvalue weighted by atomic mass is 10.1. The summed E-state index contributed by atoms with van der Waals surface area (Å²) in [5.41, 5.74) is 6.31. The van der Waals surface area contributed by atoms with Crippen molar-refractivity contribution in [1.82, 2.24) is 0 Å². The van der Waals surface area contributed by atoms with Crippen molar-refractivity contribution < 1.29 is 19.0 Å². The molecule has 5 heteroatoms. The maximum Gasteiger partial charge on any atom is 0.340 e. The third-order valence-electron chi connectivity index (χ3n) is 2.13. The van der Waals surface area contributed by atoms with Gasteiger partial charge < -0.3 is 19.9 Å². The number of carbonyl (C=O) groups is 1. The summed E-state index contributed by atoms with van der Waals surface area (Å²) in [5, 5.41) is 0. The van der Waals surface area contributed by atoms with E-state index in [0.717, 1.165) is 0 Å². The van der Waals surface area contributed by atoms with Gasteiger partial charge >= 0.3 is 5.97 Å². The third kappa shape index (κ3) is 3.03. The Bertz CT molecular complexity index is 415. The smallest absolute Gasteiger partial charge is 0.340 e. The molecule has 5 nitrogen and oxygen atoms in total. The lowest BCUT2D eigenvalue weighted by Gasteiger charge is -2.13. The van der Waals surface area contributed by atoms with Crippen molar-refractivity contribution in [3.05, 3.63) is 17.7 Å². The molecule has 0 bridgehead atoms. The summed E-state index contributed by atoms with van der Waals surface area (Å²) in [6, 6.07) is 3.14. The van der Waals surface area contributed by atoms with Crippen LogP contribution in [0.1, 0.15) is 24.2 Å². The Morgan fingerprint density at radius 1 is 1.24 bits per heavy atom. The highest BCUT2D eigenvalue weighted by molar-refractivity contribution is 5.97. The molecule has 0 spiro atoms. The van der Waals surface area contributed by atoms with Gasteiger partial charge in [0.05, 0.1) is 31.6 Å². The van der Waals surface area contributed by atoms with Crippen LogP contribution in [0.3, 0.4) is 0 Å². The van der Waals surface area contributed by atoms with E-state index in [1.807, 2.05) is 0 Å². The largest absolute Gasteiger partial charge is 0.497 e. The minimum Gasteiger partial charge on any atom is -0.497 e. The van der Waals surface area contributed by atoms with Gasteiger partial charge in [0.15, 0.2) is 0 Å². The van der Waals surface area contributed by atoms with Crippen molar-refractivity contribution in [3.8, 4) is 11.5 Å². The van der Waals surface area contributed by atoms with Crippen LogP contribution in [0.2, 0.25) is 0 Å². The van der Waals surface area contributed by atoms with E-state index in [2.05, 4.69) is 0 Å². The van der Waals surface area contributed by atoms with Crippen LogP contribution in [0.5, 0.6) is 11.5 Å². The van der Waals surface area contributed by atoms with Crippen molar-refractivity contribution >= 4 is 11.7 Å². The first-order chi connectivity index (χ1) is 7.99. The summed E-state index contributed by atoms with van der Waals surface area (Å²) in [6.07, 6.45) is -0.209. The molecule has 1 aromatic carbocycles. The topological polar surface area (TPSA) is 70.8 Å². The number of nitrogen functional groups attached to an aromatic ring is 1. The maximum absolute atomic E-state index is 11.8. The number of benzene rings is 1. The Labute approximate surface area is 100 Å². The van der Waals surface area contributed by atoms with Crippen LogP contribution < -0.4 is 15.2 Å². The fourth-order valence-electron chi connectivity index (χ4n) is 1.33. The number of rotatable bonds is 4. The standard InChI is InChI=1S/C12H17NO4/c1-7(2)17-12(14)9-5-8(15-3)6-10(16-4)11(9)13/h5-7H,13H2,1-4H3. The molecule has 1 rings (SSSR count). The molecule has 17 heavy (non-hydrogen) atoms. The molecule has 0 aliphatic heterocycles. The van der Waals surface area contributed by atoms with Crippen LogP contribution in [0.15, 0.2) is 12.1 Å². The number of ether oxygens (including phenoxy) is 3. The fourth-order valence-corrected chi connectivity index (χ4v) is 1.33. The molecule has 0 saturated heterocycles. The molecule has 0 heterocycles. The highest BCUT2D eigenvalue weighted by Gasteiger charge is 2.18. The van der Waals surface area contributed by atoms with Crippen LogP contribution in [0.4, 0.5) is 5.69 Å². The third-order valence-corrected chi connectivity index (χ3v) is 2.13. The normalized spacial score (nSPS) is 10.2. The van der Waals surface area contributed by atoms with E-state index < -0.39 is 5.97 Å². The van der Waals surface area contributed by atoms with Gasteiger partial charge in [-0.15, -0.1) is 0 Å². The van der Waals surface area contributed by atoms with E-state index in [4.69, 9.17) is 19.9 Å². The summed E-state index contributed by atoms with van der Waals surface area (Å²) in [6.45, 7) is 3.54. The lowest BCUT2D eigenvalue weighted by molar-refractivity contribution is 0.0378. The molecular weight excluding hydrogens is 222 g/mol. The van der Waals surface area contributed by atoms with Crippen LogP contribution in [-0.4, -0.2) is 26.3 Å². The molecular formula is C12H17NO4. The van der Waals surface area contributed by atoms with Gasteiger partial charge in [-0.3, -0.25) is 0 Å². The molecule has 0 fully saturated rings. The van der Waals surface area contributed by atoms with Gasteiger partial charge in [0, 0.05) is 6.07 Å². The van der Waals surface area contributed by atoms with Crippen LogP contribution in [-0.2, 0) is 4.74 Å². The quantitative estimate of drug-likeness (QED) is 0.641. The molecule has 0 saturated carbocycles. The zero-order valence-electron chi connectivity index (χ0n) is 10.4. The number of esters is 1. The van der Waals surface area contributed by atoms with Gasteiger partial charge in [-0.25, -0.2) is 4.79 Å². The maximum atomic E-state index is 11.8. The predicted octanol–water partition coefficient (Wildman–Crippen LogP) is 1.85. The van der Waals surface area contributed by atoms with Crippen molar-refractivity contribution in [1.29, 1.82) is 0 Å². The molecule has 94 valence electrons. The molecule has 1 aromatic rings. The predicted molar refractivity (Wildman–Crippen MR) is 64.5 cm³/mol. The van der Waals surface area contributed by atoms with Gasteiger partial charge in [0.2, 0.25) is 0 Å². The highest BCUT2D eigenvalue weighted by Crippen LogP contribution is 2.31. The molecule has 2 N–H and O–H groups in total. The summed E-state index contributed by atoms with van der Waals surface area (Å²) in [5.74, 6) is 0.390. The first kappa shape index (κ1) is 13.2. The molecule has 0 unspecified atom stereocenters. The van der Waals surface area contributed by atoms with Gasteiger partial charge in [-0.2, -0.15) is 0 Å². The Balaban J connectivity index is 3.17. The summed E-state index contributed by atoms with van der Waals surface area (Å²) in [4.78, 5) is 11.8. The van der Waals surface area contributed by atoms with E-state index in [-0.39, 0.29) is 17.4 Å². The number of hydrogen-bond donors (Lipinski definition) is 1. The first-order valence-electron chi connectivity index (χ1n) is 5.22. The summed E-state index contributed by atoms with van der Waals surface area (Å²) in [7, 11) is 2.98. The van der Waals surface area contributed by atoms with E-state index in [1.54, 1.807) is 19.9 Å². The van der Waals surface area contributed by atoms with Crippen molar-refractivity contribution in [2.24, 2.45) is 0 Å². The van der Waals surface area contributed by atoms with E-state index >= 15 is 0 Å². The van der Waals surface area contributed by atoms with Gasteiger partial charge in [-0.1, -0.05) is 0 Å². The monoisotopic (exact) mass is 239 g/mol. The average molecular weight is 239 g/mol. The van der Waals surface area contributed by atoms with E-state index in [9.17, 15) is 4.79 Å². The Hall–Kier alpha value is -1.91. The Kier molecular flexibility index (Phi) is 4.20. The number of carbonyl (C=O) groups excluding carboxylic acids is 1. The van der Waals surface area contributed by atoms with Crippen molar-refractivity contribution in [3.63, 3.8) is 0 Å². The number of nitrogens with two attached hydrogens (primary N) is 1. The Morgan fingerprint density at radius 3 is 2.35 bits per heavy atom. The number of hydrogen-bond acceptors (Lipinski definition) is 5. The molecule has 0 aliphatic rings. The second-order valence-corrected chi connectivity index (χ2v) is 3.74. The molecule has 0 amide bonds. The zero-order chi connectivity index (χ0) is 13.0. The van der Waals surface area contributed by atoms with E-state index in [0.29, 0.717) is 11.5 Å². The molecule has 0 radical (unpaired) electrons. The lowest BCUT2D eigenvalue weighted by Crippen LogP contribution is -2.14. The van der Waals surface area contributed by atoms with E-state index in [1.165, 1.54) is 20.3 Å². The van der Waals surface area contributed by atoms with Gasteiger partial charge in [0.25, 0.3) is 0 Å². The van der Waals surface area contributed by atoms with Crippen molar-refractivity contribution in [2.75, 3.05) is 20.0 Å². The minimum atomic E-state index is -0.491. The second-order valence-electron chi connectivity index (χ2n) is 3.74. The van der Waals surface area contributed by atoms with Crippen LogP contribution in [0, 0.1) is 0 Å². The van der Waals surface area contributed by atoms with Crippen molar-refractivity contribution in [2.45, 2.75) is 20.0 Å². The fraction of sp³-hybridized carbons (Fsp3) is 0.417. The second kappa shape index (κ2) is 5.43.